The van der Waals surface area contributed by atoms with Crippen LogP contribution in [0.3, 0.4) is 0 Å². The monoisotopic (exact) mass is 432 g/mol. The summed E-state index contributed by atoms with van der Waals surface area (Å²) in [5, 5.41) is 9.93. The molecule has 3 nitrogen and oxygen atoms in total. The molecule has 0 spiro atoms. The molecule has 0 aromatic heterocycles. The number of aliphatic hydroxyl groups excluding tert-OH is 1. The van der Waals surface area contributed by atoms with Gasteiger partial charge in [0.25, 0.3) is 0 Å². The lowest BCUT2D eigenvalue weighted by atomic mass is 9.87. The van der Waals surface area contributed by atoms with E-state index in [2.05, 4.69) is 4.90 Å². The van der Waals surface area contributed by atoms with Crippen molar-refractivity contribution < 1.29 is 13.9 Å². The van der Waals surface area contributed by atoms with Crippen LogP contribution >= 0.6 is 24.8 Å². The molecule has 0 amide bonds. The van der Waals surface area contributed by atoms with Gasteiger partial charge in [-0.05, 0) is 67.7 Å². The molecule has 0 unspecified atom stereocenters. The highest BCUT2D eigenvalue weighted by Gasteiger charge is 2.24. The van der Waals surface area contributed by atoms with Crippen molar-refractivity contribution in [2.75, 3.05) is 19.6 Å². The molecular formula is C21H28Cl2F2N2O. The number of halogens is 4. The van der Waals surface area contributed by atoms with Crippen molar-refractivity contribution >= 4 is 24.8 Å². The Morgan fingerprint density at radius 2 is 1.46 bits per heavy atom. The Morgan fingerprint density at radius 1 is 0.964 bits per heavy atom. The lowest BCUT2D eigenvalue weighted by molar-refractivity contribution is 0.0527. The van der Waals surface area contributed by atoms with E-state index < -0.39 is 6.10 Å². The zero-order valence-electron chi connectivity index (χ0n) is 15.6. The van der Waals surface area contributed by atoms with Crippen molar-refractivity contribution in [1.82, 2.24) is 4.90 Å². The van der Waals surface area contributed by atoms with Crippen LogP contribution < -0.4 is 5.73 Å². The van der Waals surface area contributed by atoms with Crippen molar-refractivity contribution in [3.8, 4) is 0 Å². The van der Waals surface area contributed by atoms with Gasteiger partial charge >= 0.3 is 0 Å². The summed E-state index contributed by atoms with van der Waals surface area (Å²) in [6, 6.07) is 12.9. The number of hydrogen-bond donors (Lipinski definition) is 2. The fourth-order valence-corrected chi connectivity index (χ4v) is 3.65. The first-order valence-corrected chi connectivity index (χ1v) is 9.20. The van der Waals surface area contributed by atoms with Crippen molar-refractivity contribution in [3.63, 3.8) is 0 Å². The molecule has 3 N–H and O–H groups in total. The fraction of sp³-hybridized carbons (Fsp3) is 0.429. The molecule has 28 heavy (non-hydrogen) atoms. The zero-order valence-corrected chi connectivity index (χ0v) is 17.3. The van der Waals surface area contributed by atoms with Crippen LogP contribution in [0.5, 0.6) is 0 Å². The Morgan fingerprint density at radius 3 is 1.93 bits per heavy atom. The molecule has 0 bridgehead atoms. The van der Waals surface area contributed by atoms with Crippen molar-refractivity contribution in [1.29, 1.82) is 0 Å². The van der Waals surface area contributed by atoms with Gasteiger partial charge in [-0.1, -0.05) is 24.3 Å². The first-order chi connectivity index (χ1) is 12.5. The second-order valence-corrected chi connectivity index (χ2v) is 7.12. The maximum Gasteiger partial charge on any atom is 0.123 e. The predicted octanol–water partition coefficient (Wildman–Crippen LogP) is 4.11. The number of nitrogens with two attached hydrogens (primary N) is 1. The van der Waals surface area contributed by atoms with E-state index in [1.165, 1.54) is 24.3 Å². The Hall–Kier alpha value is -1.24. The van der Waals surface area contributed by atoms with E-state index in [0.29, 0.717) is 6.54 Å². The summed E-state index contributed by atoms with van der Waals surface area (Å²) in [6.45, 7) is 2.39. The summed E-state index contributed by atoms with van der Waals surface area (Å²) in [6.07, 6.45) is 2.14. The highest BCUT2D eigenvalue weighted by atomic mass is 35.5. The number of piperidine rings is 1. The third kappa shape index (κ3) is 6.68. The number of nitrogens with zero attached hydrogens (tertiary/aromatic N) is 1. The zero-order chi connectivity index (χ0) is 18.5. The number of rotatable bonds is 6. The standard InChI is InChI=1S/C21H26F2N2O.2ClH/c22-17-7-3-15(4-8-17)19(16-5-9-18(23)10-6-16)2-1-12-25-13-11-20(24)21(26)14-25;;/h3-10,19-21,26H,1-2,11-14,24H2;2*1H/t20-,21-;;/m1../s1. The lowest BCUT2D eigenvalue weighted by Crippen LogP contribution is -2.50. The quantitative estimate of drug-likeness (QED) is 0.721. The van der Waals surface area contributed by atoms with Crippen LogP contribution in [0.1, 0.15) is 36.3 Å². The van der Waals surface area contributed by atoms with E-state index in [0.717, 1.165) is 43.5 Å². The fourth-order valence-electron chi connectivity index (χ4n) is 3.65. The van der Waals surface area contributed by atoms with E-state index in [1.54, 1.807) is 24.3 Å². The highest BCUT2D eigenvalue weighted by Crippen LogP contribution is 2.30. The lowest BCUT2D eigenvalue weighted by Gasteiger charge is -2.34. The van der Waals surface area contributed by atoms with Gasteiger partial charge in [-0.3, -0.25) is 0 Å². The van der Waals surface area contributed by atoms with Gasteiger partial charge in [0, 0.05) is 18.5 Å². The van der Waals surface area contributed by atoms with E-state index in [-0.39, 0.29) is 48.4 Å². The molecule has 156 valence electrons. The maximum absolute atomic E-state index is 13.3. The molecule has 1 heterocycles. The van der Waals surface area contributed by atoms with Gasteiger partial charge in [-0.15, -0.1) is 24.8 Å². The number of likely N-dealkylation sites (tertiary alicyclic amines) is 1. The number of benzene rings is 2. The van der Waals surface area contributed by atoms with Crippen LogP contribution in [0, 0.1) is 11.6 Å². The molecule has 0 radical (unpaired) electrons. The molecule has 3 rings (SSSR count). The van der Waals surface area contributed by atoms with E-state index in [1.807, 2.05) is 0 Å². The van der Waals surface area contributed by atoms with E-state index in [4.69, 9.17) is 5.73 Å². The van der Waals surface area contributed by atoms with Crippen molar-refractivity contribution in [3.05, 3.63) is 71.3 Å². The van der Waals surface area contributed by atoms with Crippen LogP contribution in [0.15, 0.2) is 48.5 Å². The van der Waals surface area contributed by atoms with Gasteiger partial charge < -0.3 is 15.7 Å². The van der Waals surface area contributed by atoms with E-state index in [9.17, 15) is 13.9 Å². The summed E-state index contributed by atoms with van der Waals surface area (Å²) in [4.78, 5) is 2.24. The van der Waals surface area contributed by atoms with Crippen LogP contribution in [0.4, 0.5) is 8.78 Å². The number of aliphatic hydroxyl groups is 1. The van der Waals surface area contributed by atoms with Gasteiger partial charge in [-0.25, -0.2) is 8.78 Å². The topological polar surface area (TPSA) is 49.5 Å². The molecule has 1 aliphatic rings. The largest absolute Gasteiger partial charge is 0.390 e. The second kappa shape index (κ2) is 11.7. The molecule has 0 saturated carbocycles. The molecule has 2 aromatic carbocycles. The van der Waals surface area contributed by atoms with Gasteiger partial charge in [0.2, 0.25) is 0 Å². The van der Waals surface area contributed by atoms with Gasteiger partial charge in [0.1, 0.15) is 11.6 Å². The Kier molecular flexibility index (Phi) is 10.4. The highest BCUT2D eigenvalue weighted by molar-refractivity contribution is 5.85. The van der Waals surface area contributed by atoms with Crippen LogP contribution in [-0.2, 0) is 0 Å². The summed E-state index contributed by atoms with van der Waals surface area (Å²) >= 11 is 0. The Balaban J connectivity index is 0.00000196. The Bertz CT molecular complexity index is 655. The number of β-amino-alcohol motifs (C(OH)–C–C–N with tert-alkyl or cyclic N) is 1. The minimum atomic E-state index is -0.464. The summed E-state index contributed by atoms with van der Waals surface area (Å²) in [5.41, 5.74) is 7.91. The molecule has 2 aromatic rings. The third-order valence-corrected chi connectivity index (χ3v) is 5.23. The molecular weight excluding hydrogens is 405 g/mol. The average Bonchev–Trinajstić information content (AvgIpc) is 2.64. The normalized spacial score (nSPS) is 19.8. The van der Waals surface area contributed by atoms with Crippen molar-refractivity contribution in [2.45, 2.75) is 37.3 Å². The van der Waals surface area contributed by atoms with Gasteiger partial charge in [-0.2, -0.15) is 0 Å². The molecule has 0 aliphatic carbocycles. The molecule has 1 aliphatic heterocycles. The maximum atomic E-state index is 13.3. The van der Waals surface area contributed by atoms with Gasteiger partial charge in [0.15, 0.2) is 0 Å². The summed E-state index contributed by atoms with van der Waals surface area (Å²) < 4.78 is 26.6. The van der Waals surface area contributed by atoms with Crippen LogP contribution in [-0.4, -0.2) is 41.8 Å². The molecule has 7 heteroatoms. The summed E-state index contributed by atoms with van der Waals surface area (Å²) in [7, 11) is 0. The summed E-state index contributed by atoms with van der Waals surface area (Å²) in [5.74, 6) is -0.427. The minimum absolute atomic E-state index is 0. The van der Waals surface area contributed by atoms with Crippen LogP contribution in [0.25, 0.3) is 0 Å². The average molecular weight is 433 g/mol. The SMILES string of the molecule is Cl.Cl.N[C@@H]1CCN(CCCC(c2ccc(F)cc2)c2ccc(F)cc2)C[C@H]1O. The molecule has 1 fully saturated rings. The second-order valence-electron chi connectivity index (χ2n) is 7.12. The molecule has 2 atom stereocenters. The number of hydrogen-bond acceptors (Lipinski definition) is 3. The first kappa shape index (κ1) is 24.8. The molecule has 1 saturated heterocycles. The van der Waals surface area contributed by atoms with Crippen LogP contribution in [0.2, 0.25) is 0 Å². The smallest absolute Gasteiger partial charge is 0.123 e. The Labute approximate surface area is 177 Å². The van der Waals surface area contributed by atoms with Gasteiger partial charge in [0.05, 0.1) is 6.10 Å². The van der Waals surface area contributed by atoms with E-state index >= 15 is 0 Å². The first-order valence-electron chi connectivity index (χ1n) is 9.20. The minimum Gasteiger partial charge on any atom is -0.390 e. The van der Waals surface area contributed by atoms with Crippen molar-refractivity contribution in [2.24, 2.45) is 5.73 Å². The predicted molar refractivity (Wildman–Crippen MR) is 113 cm³/mol. The third-order valence-electron chi connectivity index (χ3n) is 5.23.